The van der Waals surface area contributed by atoms with Gasteiger partial charge in [-0.15, -0.1) is 0 Å². The topological polar surface area (TPSA) is 75.8 Å². The molecule has 28 heavy (non-hydrogen) atoms. The zero-order valence-electron chi connectivity index (χ0n) is 15.5. The number of aromatic hydroxyl groups is 1. The monoisotopic (exact) mass is 441 g/mol. The van der Waals surface area contributed by atoms with Gasteiger partial charge in [0.15, 0.2) is 6.61 Å². The molecule has 0 unspecified atom stereocenters. The molecule has 3 rings (SSSR count). The molecule has 0 fully saturated rings. The van der Waals surface area contributed by atoms with E-state index in [4.69, 9.17) is 4.74 Å². The first kappa shape index (κ1) is 19.7. The Kier molecular flexibility index (Phi) is 6.16. The van der Waals surface area contributed by atoms with Gasteiger partial charge >= 0.3 is 0 Å². The summed E-state index contributed by atoms with van der Waals surface area (Å²) in [4.78, 5) is 11.9. The van der Waals surface area contributed by atoms with Gasteiger partial charge in [0.2, 0.25) is 0 Å². The smallest absolute Gasteiger partial charge is 0.277 e. The second-order valence-electron chi connectivity index (χ2n) is 6.22. The number of benzene rings is 2. The molecule has 1 heterocycles. The van der Waals surface area contributed by atoms with Gasteiger partial charge in [0.05, 0.1) is 6.21 Å². The number of nitrogens with zero attached hydrogens (tertiary/aromatic N) is 2. The summed E-state index contributed by atoms with van der Waals surface area (Å²) >= 11 is 3.35. The van der Waals surface area contributed by atoms with Crippen LogP contribution in [0.25, 0.3) is 5.69 Å². The lowest BCUT2D eigenvalue weighted by Gasteiger charge is -2.09. The Balaban J connectivity index is 1.62. The lowest BCUT2D eigenvalue weighted by atomic mass is 10.2. The van der Waals surface area contributed by atoms with E-state index in [0.29, 0.717) is 5.75 Å². The van der Waals surface area contributed by atoms with E-state index in [1.54, 1.807) is 30.5 Å². The van der Waals surface area contributed by atoms with Crippen LogP contribution in [-0.4, -0.2) is 28.4 Å². The molecule has 0 aliphatic rings. The first-order valence-electron chi connectivity index (χ1n) is 8.62. The molecular formula is C21H20BrN3O3. The lowest BCUT2D eigenvalue weighted by molar-refractivity contribution is -0.123. The number of carbonyl (C=O) groups excluding carboxylic acids is 1. The summed E-state index contributed by atoms with van der Waals surface area (Å²) < 4.78 is 8.36. The van der Waals surface area contributed by atoms with E-state index in [1.165, 1.54) is 0 Å². The molecule has 1 aromatic heterocycles. The molecular weight excluding hydrogens is 422 g/mol. The Bertz CT molecular complexity index is 1010. The van der Waals surface area contributed by atoms with Gasteiger partial charge in [-0.3, -0.25) is 4.79 Å². The minimum Gasteiger partial charge on any atom is -0.508 e. The van der Waals surface area contributed by atoms with Crippen LogP contribution in [0.2, 0.25) is 0 Å². The van der Waals surface area contributed by atoms with E-state index >= 15 is 0 Å². The molecule has 2 N–H and O–H groups in total. The molecule has 0 bridgehead atoms. The van der Waals surface area contributed by atoms with E-state index in [9.17, 15) is 9.90 Å². The van der Waals surface area contributed by atoms with Gasteiger partial charge in [0, 0.05) is 27.1 Å². The maximum absolute atomic E-state index is 11.9. The highest BCUT2D eigenvalue weighted by molar-refractivity contribution is 9.10. The number of hydrogen-bond donors (Lipinski definition) is 2. The van der Waals surface area contributed by atoms with Crippen LogP contribution in [-0.2, 0) is 4.79 Å². The molecule has 3 aromatic rings. The van der Waals surface area contributed by atoms with Crippen molar-refractivity contribution in [3.63, 3.8) is 0 Å². The Hall–Kier alpha value is -3.06. The number of halogens is 1. The fraction of sp³-hybridized carbons (Fsp3) is 0.143. The van der Waals surface area contributed by atoms with Crippen LogP contribution in [0, 0.1) is 13.8 Å². The van der Waals surface area contributed by atoms with Crippen molar-refractivity contribution in [1.82, 2.24) is 9.99 Å². The van der Waals surface area contributed by atoms with Crippen molar-refractivity contribution in [2.24, 2.45) is 5.10 Å². The summed E-state index contributed by atoms with van der Waals surface area (Å²) in [6, 6.07) is 16.2. The summed E-state index contributed by atoms with van der Waals surface area (Å²) in [5, 5.41) is 13.5. The summed E-state index contributed by atoms with van der Waals surface area (Å²) in [5.74, 6) is 0.482. The molecule has 0 radical (unpaired) electrons. The predicted octanol–water partition coefficient (Wildman–Crippen LogP) is 4.09. The van der Waals surface area contributed by atoms with Crippen molar-refractivity contribution in [2.75, 3.05) is 6.61 Å². The zero-order chi connectivity index (χ0) is 20.1. The van der Waals surface area contributed by atoms with Gasteiger partial charge < -0.3 is 14.4 Å². The number of aromatic nitrogens is 1. The summed E-state index contributed by atoms with van der Waals surface area (Å²) in [7, 11) is 0. The molecule has 0 aliphatic carbocycles. The average Bonchev–Trinajstić information content (AvgIpc) is 2.95. The third-order valence-electron chi connectivity index (χ3n) is 4.14. The molecule has 0 aliphatic heterocycles. The fourth-order valence-corrected chi connectivity index (χ4v) is 3.21. The van der Waals surface area contributed by atoms with Gasteiger partial charge in [-0.25, -0.2) is 5.43 Å². The van der Waals surface area contributed by atoms with Crippen molar-refractivity contribution in [2.45, 2.75) is 13.8 Å². The van der Waals surface area contributed by atoms with Crippen LogP contribution in [0.3, 0.4) is 0 Å². The number of ether oxygens (including phenoxy) is 1. The van der Waals surface area contributed by atoms with Crippen molar-refractivity contribution in [3.05, 3.63) is 76.0 Å². The minimum atomic E-state index is -0.344. The summed E-state index contributed by atoms with van der Waals surface area (Å²) in [6.07, 6.45) is 1.61. The van der Waals surface area contributed by atoms with Gasteiger partial charge in [0.1, 0.15) is 11.5 Å². The number of amides is 1. The second kappa shape index (κ2) is 8.75. The molecule has 0 saturated carbocycles. The van der Waals surface area contributed by atoms with Crippen LogP contribution >= 0.6 is 15.9 Å². The van der Waals surface area contributed by atoms with Crippen molar-refractivity contribution in [3.8, 4) is 17.2 Å². The van der Waals surface area contributed by atoms with E-state index < -0.39 is 0 Å². The maximum atomic E-state index is 11.9. The molecule has 1 amide bonds. The lowest BCUT2D eigenvalue weighted by Crippen LogP contribution is -2.24. The Morgan fingerprint density at radius 2 is 1.96 bits per heavy atom. The highest BCUT2D eigenvalue weighted by Crippen LogP contribution is 2.21. The first-order valence-corrected chi connectivity index (χ1v) is 9.42. The zero-order valence-corrected chi connectivity index (χ0v) is 17.1. The van der Waals surface area contributed by atoms with Crippen LogP contribution < -0.4 is 10.2 Å². The average molecular weight is 442 g/mol. The normalized spacial score (nSPS) is 11.0. The SMILES string of the molecule is Cc1cc(C=NNC(=O)COc2cccc(Br)c2)c(C)n1-c1ccc(O)cc1. The summed E-state index contributed by atoms with van der Waals surface area (Å²) in [5.41, 5.74) is 6.30. The third kappa shape index (κ3) is 4.80. The van der Waals surface area contributed by atoms with E-state index in [-0.39, 0.29) is 18.3 Å². The van der Waals surface area contributed by atoms with Crippen LogP contribution in [0.4, 0.5) is 0 Å². The number of hydrogen-bond acceptors (Lipinski definition) is 4. The molecule has 144 valence electrons. The molecule has 6 nitrogen and oxygen atoms in total. The Morgan fingerprint density at radius 1 is 1.21 bits per heavy atom. The summed E-state index contributed by atoms with van der Waals surface area (Å²) in [6.45, 7) is 3.83. The number of phenols is 1. The number of aryl methyl sites for hydroxylation is 1. The number of carbonyl (C=O) groups is 1. The highest BCUT2D eigenvalue weighted by atomic mass is 79.9. The van der Waals surface area contributed by atoms with Crippen molar-refractivity contribution >= 4 is 28.1 Å². The predicted molar refractivity (Wildman–Crippen MR) is 112 cm³/mol. The molecule has 2 aromatic carbocycles. The Morgan fingerprint density at radius 3 is 2.68 bits per heavy atom. The number of rotatable bonds is 6. The standard InChI is InChI=1S/C21H20BrN3O3/c1-14-10-16(15(2)25(14)18-6-8-19(26)9-7-18)12-23-24-21(27)13-28-20-5-3-4-17(22)11-20/h3-12,26H,13H2,1-2H3,(H,24,27). The fourth-order valence-electron chi connectivity index (χ4n) is 2.83. The van der Waals surface area contributed by atoms with Gasteiger partial charge in [-0.1, -0.05) is 22.0 Å². The molecule has 0 spiro atoms. The van der Waals surface area contributed by atoms with Gasteiger partial charge in [-0.2, -0.15) is 5.10 Å². The quantitative estimate of drug-likeness (QED) is 0.446. The number of hydrazone groups is 1. The van der Waals surface area contributed by atoms with Crippen LogP contribution in [0.15, 0.2) is 64.2 Å². The molecule has 0 saturated heterocycles. The number of nitrogens with one attached hydrogen (secondary N) is 1. The maximum Gasteiger partial charge on any atom is 0.277 e. The molecule has 0 atom stereocenters. The van der Waals surface area contributed by atoms with Crippen molar-refractivity contribution < 1.29 is 14.6 Å². The van der Waals surface area contributed by atoms with Gasteiger partial charge in [0.25, 0.3) is 5.91 Å². The largest absolute Gasteiger partial charge is 0.508 e. The minimum absolute atomic E-state index is 0.125. The second-order valence-corrected chi connectivity index (χ2v) is 7.13. The van der Waals surface area contributed by atoms with Gasteiger partial charge in [-0.05, 0) is 62.4 Å². The number of phenolic OH excluding ortho intramolecular Hbond substituents is 1. The molecule has 7 heteroatoms. The van der Waals surface area contributed by atoms with E-state index in [0.717, 1.165) is 27.1 Å². The highest BCUT2D eigenvalue weighted by Gasteiger charge is 2.09. The van der Waals surface area contributed by atoms with E-state index in [1.807, 2.05) is 44.2 Å². The van der Waals surface area contributed by atoms with E-state index in [2.05, 4.69) is 31.0 Å². The first-order chi connectivity index (χ1) is 13.4. The van der Waals surface area contributed by atoms with Crippen LogP contribution in [0.1, 0.15) is 17.0 Å². The Labute approximate surface area is 171 Å². The van der Waals surface area contributed by atoms with Crippen LogP contribution in [0.5, 0.6) is 11.5 Å². The third-order valence-corrected chi connectivity index (χ3v) is 4.63. The van der Waals surface area contributed by atoms with Crippen molar-refractivity contribution in [1.29, 1.82) is 0 Å².